The number of hydrogen-bond donors (Lipinski definition) is 0. The van der Waals surface area contributed by atoms with Crippen LogP contribution in [0.25, 0.3) is 0 Å². The summed E-state index contributed by atoms with van der Waals surface area (Å²) in [7, 11) is 5.60. The lowest BCUT2D eigenvalue weighted by molar-refractivity contribution is 1.43. The maximum absolute atomic E-state index is 5.85. The van der Waals surface area contributed by atoms with Crippen LogP contribution in [0.4, 0.5) is 0 Å². The summed E-state index contributed by atoms with van der Waals surface area (Å²) in [5.41, 5.74) is 2.69. The Labute approximate surface area is 125 Å². The van der Waals surface area contributed by atoms with E-state index in [9.17, 15) is 0 Å². The first kappa shape index (κ1) is 14.2. The number of benzene rings is 2. The Balaban J connectivity index is 1.63. The van der Waals surface area contributed by atoms with Crippen molar-refractivity contribution in [1.29, 1.82) is 0 Å². The average Bonchev–Trinajstić information content (AvgIpc) is 2.42. The maximum Gasteiger partial charge on any atom is 0.0406 e. The number of halogens is 1. The Morgan fingerprint density at radius 3 is 1.89 bits per heavy atom. The molecule has 18 heavy (non-hydrogen) atoms. The van der Waals surface area contributed by atoms with Crippen molar-refractivity contribution in [3.8, 4) is 0 Å². The first-order chi connectivity index (χ1) is 8.84. The normalized spacial score (nSPS) is 10.5. The standard InChI is InChI=1S/C14H13ClS3/c15-14-8-6-13(7-9-14)11-17-18-16-10-12-4-2-1-3-5-12/h1-9H,10-11H2. The molecule has 0 heterocycles. The van der Waals surface area contributed by atoms with Gasteiger partial charge < -0.3 is 0 Å². The van der Waals surface area contributed by atoms with Crippen molar-refractivity contribution < 1.29 is 0 Å². The lowest BCUT2D eigenvalue weighted by Gasteiger charge is -2.02. The Morgan fingerprint density at radius 1 is 0.722 bits per heavy atom. The predicted molar refractivity (Wildman–Crippen MR) is 88.1 cm³/mol. The summed E-state index contributed by atoms with van der Waals surface area (Å²) in [5, 5.41) is 0.801. The van der Waals surface area contributed by atoms with E-state index in [-0.39, 0.29) is 0 Å². The van der Waals surface area contributed by atoms with Crippen molar-refractivity contribution in [1.82, 2.24) is 0 Å². The van der Waals surface area contributed by atoms with Gasteiger partial charge in [-0.3, -0.25) is 0 Å². The van der Waals surface area contributed by atoms with Crippen LogP contribution in [0.2, 0.25) is 5.02 Å². The predicted octanol–water partition coefficient (Wildman–Crippen LogP) is 6.07. The average molecular weight is 313 g/mol. The summed E-state index contributed by atoms with van der Waals surface area (Å²) < 4.78 is 0. The largest absolute Gasteiger partial charge is 0.0843 e. The zero-order chi connectivity index (χ0) is 12.6. The van der Waals surface area contributed by atoms with Gasteiger partial charge >= 0.3 is 0 Å². The molecule has 2 aromatic rings. The van der Waals surface area contributed by atoms with E-state index in [1.807, 2.05) is 43.5 Å². The van der Waals surface area contributed by atoms with Crippen LogP contribution in [-0.2, 0) is 11.5 Å². The maximum atomic E-state index is 5.85. The molecular formula is C14H13ClS3. The monoisotopic (exact) mass is 312 g/mol. The fraction of sp³-hybridized carbons (Fsp3) is 0.143. The third kappa shape index (κ3) is 5.19. The van der Waals surface area contributed by atoms with Gasteiger partial charge in [0, 0.05) is 16.5 Å². The van der Waals surface area contributed by atoms with Gasteiger partial charge in [-0.25, -0.2) is 0 Å². The van der Waals surface area contributed by atoms with E-state index >= 15 is 0 Å². The molecule has 2 rings (SSSR count). The quantitative estimate of drug-likeness (QED) is 0.469. The molecule has 0 amide bonds. The first-order valence-electron chi connectivity index (χ1n) is 5.54. The molecule has 0 aliphatic carbocycles. The number of hydrogen-bond acceptors (Lipinski definition) is 3. The second kappa shape index (κ2) is 8.05. The van der Waals surface area contributed by atoms with Crippen LogP contribution in [-0.4, -0.2) is 0 Å². The van der Waals surface area contributed by atoms with Gasteiger partial charge in [0.2, 0.25) is 0 Å². The van der Waals surface area contributed by atoms with Crippen molar-refractivity contribution in [2.24, 2.45) is 0 Å². The molecule has 0 nitrogen and oxygen atoms in total. The van der Waals surface area contributed by atoms with Crippen molar-refractivity contribution in [3.63, 3.8) is 0 Å². The molecule has 0 fully saturated rings. The summed E-state index contributed by atoms with van der Waals surface area (Å²) in [6, 6.07) is 18.6. The molecule has 0 aromatic heterocycles. The Bertz CT molecular complexity index is 456. The molecule has 0 aliphatic heterocycles. The molecule has 0 atom stereocenters. The Hall–Kier alpha value is -0.220. The van der Waals surface area contributed by atoms with E-state index in [0.717, 1.165) is 16.5 Å². The van der Waals surface area contributed by atoms with Crippen LogP contribution in [0.5, 0.6) is 0 Å². The van der Waals surface area contributed by atoms with Gasteiger partial charge in [-0.2, -0.15) is 0 Å². The summed E-state index contributed by atoms with van der Waals surface area (Å²) in [5.74, 6) is 2.07. The van der Waals surface area contributed by atoms with Crippen molar-refractivity contribution in [2.75, 3.05) is 0 Å². The van der Waals surface area contributed by atoms with Crippen LogP contribution < -0.4 is 0 Å². The Morgan fingerprint density at radius 2 is 1.28 bits per heavy atom. The third-order valence-corrected chi connectivity index (χ3v) is 6.67. The molecule has 2 aromatic carbocycles. The molecule has 0 spiro atoms. The first-order valence-corrected chi connectivity index (χ1v) is 9.74. The summed E-state index contributed by atoms with van der Waals surface area (Å²) in [6.45, 7) is 0. The molecular weight excluding hydrogens is 300 g/mol. The zero-order valence-corrected chi connectivity index (χ0v) is 12.9. The summed E-state index contributed by atoms with van der Waals surface area (Å²) in [4.78, 5) is 0. The lowest BCUT2D eigenvalue weighted by atomic mass is 10.2. The van der Waals surface area contributed by atoms with Gasteiger partial charge in [0.25, 0.3) is 0 Å². The molecule has 0 aliphatic rings. The van der Waals surface area contributed by atoms with Crippen LogP contribution in [0.3, 0.4) is 0 Å². The van der Waals surface area contributed by atoms with Crippen LogP contribution in [0.15, 0.2) is 54.6 Å². The molecule has 0 saturated carbocycles. The van der Waals surface area contributed by atoms with E-state index in [4.69, 9.17) is 11.6 Å². The van der Waals surface area contributed by atoms with Gasteiger partial charge in [0.15, 0.2) is 0 Å². The highest BCUT2D eigenvalue weighted by molar-refractivity contribution is 9.09. The van der Waals surface area contributed by atoms with Crippen LogP contribution in [0.1, 0.15) is 11.1 Å². The van der Waals surface area contributed by atoms with Crippen LogP contribution >= 0.6 is 43.0 Å². The van der Waals surface area contributed by atoms with E-state index in [0.29, 0.717) is 0 Å². The third-order valence-electron chi connectivity index (χ3n) is 2.30. The van der Waals surface area contributed by atoms with Crippen LogP contribution in [0, 0.1) is 0 Å². The second-order valence-corrected chi connectivity index (χ2v) is 8.37. The van der Waals surface area contributed by atoms with E-state index in [1.54, 1.807) is 0 Å². The van der Waals surface area contributed by atoms with E-state index < -0.39 is 0 Å². The minimum absolute atomic E-state index is 0.801. The van der Waals surface area contributed by atoms with Gasteiger partial charge in [-0.1, -0.05) is 75.7 Å². The SMILES string of the molecule is Clc1ccc(CSSSCc2ccccc2)cc1. The van der Waals surface area contributed by atoms with Gasteiger partial charge in [-0.15, -0.1) is 0 Å². The van der Waals surface area contributed by atoms with E-state index in [1.165, 1.54) is 11.1 Å². The highest BCUT2D eigenvalue weighted by atomic mass is 35.5. The molecule has 94 valence electrons. The van der Waals surface area contributed by atoms with Crippen molar-refractivity contribution in [3.05, 3.63) is 70.7 Å². The zero-order valence-electron chi connectivity index (χ0n) is 9.71. The van der Waals surface area contributed by atoms with Crippen molar-refractivity contribution in [2.45, 2.75) is 11.5 Å². The minimum atomic E-state index is 0.801. The topological polar surface area (TPSA) is 0 Å². The second-order valence-electron chi connectivity index (χ2n) is 3.70. The highest BCUT2D eigenvalue weighted by Gasteiger charge is 1.96. The van der Waals surface area contributed by atoms with Gasteiger partial charge in [0.05, 0.1) is 0 Å². The fourth-order valence-corrected chi connectivity index (χ4v) is 5.11. The smallest absolute Gasteiger partial charge is 0.0406 e. The fourth-order valence-electron chi connectivity index (χ4n) is 1.37. The van der Waals surface area contributed by atoms with E-state index in [2.05, 4.69) is 42.5 Å². The Kier molecular flexibility index (Phi) is 6.35. The highest BCUT2D eigenvalue weighted by Crippen LogP contribution is 2.38. The molecule has 0 saturated heterocycles. The molecule has 0 unspecified atom stereocenters. The molecule has 0 bridgehead atoms. The molecule has 0 N–H and O–H groups in total. The molecule has 0 radical (unpaired) electrons. The summed E-state index contributed by atoms with van der Waals surface area (Å²) >= 11 is 5.85. The van der Waals surface area contributed by atoms with Gasteiger partial charge in [0.1, 0.15) is 0 Å². The molecule has 4 heteroatoms. The van der Waals surface area contributed by atoms with Gasteiger partial charge in [-0.05, 0) is 33.1 Å². The minimum Gasteiger partial charge on any atom is -0.0843 e. The van der Waals surface area contributed by atoms with Crippen molar-refractivity contribution >= 4 is 43.0 Å². The lowest BCUT2D eigenvalue weighted by Crippen LogP contribution is -1.77. The number of rotatable bonds is 6. The summed E-state index contributed by atoms with van der Waals surface area (Å²) in [6.07, 6.45) is 0.